The lowest BCUT2D eigenvalue weighted by atomic mass is 10.2. The quantitative estimate of drug-likeness (QED) is 0.582. The number of carbonyl (C=O) groups is 1. The number of ether oxygens (including phenoxy) is 1. The lowest BCUT2D eigenvalue weighted by Crippen LogP contribution is -2.22. The molecule has 6 nitrogen and oxygen atoms in total. The predicted octanol–water partition coefficient (Wildman–Crippen LogP) is 3.22. The second-order valence-corrected chi connectivity index (χ2v) is 7.42. The molecule has 0 spiro atoms. The van der Waals surface area contributed by atoms with Crippen molar-refractivity contribution >= 4 is 23.7 Å². The maximum Gasteiger partial charge on any atom is 0.316 e. The van der Waals surface area contributed by atoms with E-state index in [2.05, 4.69) is 46.3 Å². The Morgan fingerprint density at radius 2 is 1.88 bits per heavy atom. The van der Waals surface area contributed by atoms with Crippen LogP contribution in [0.25, 0.3) is 5.69 Å². The fraction of sp³-hybridized carbons (Fsp3) is 0.500. The molecule has 7 heteroatoms. The number of nitrogens with zero attached hydrogens (tertiary/aromatic N) is 4. The van der Waals surface area contributed by atoms with E-state index in [0.29, 0.717) is 5.16 Å². The second kappa shape index (κ2) is 7.91. The minimum atomic E-state index is -0.235. The summed E-state index contributed by atoms with van der Waals surface area (Å²) in [4.78, 5) is 14.1. The fourth-order valence-electron chi connectivity index (χ4n) is 2.82. The smallest absolute Gasteiger partial charge is 0.316 e. The van der Waals surface area contributed by atoms with E-state index in [-0.39, 0.29) is 17.8 Å². The molecule has 1 aliphatic heterocycles. The van der Waals surface area contributed by atoms with Gasteiger partial charge in [0, 0.05) is 13.1 Å². The molecule has 2 aromatic rings. The minimum Gasteiger partial charge on any atom is -0.462 e. The zero-order chi connectivity index (χ0) is 17.8. The lowest BCUT2D eigenvalue weighted by Gasteiger charge is -2.18. The van der Waals surface area contributed by atoms with Crippen LogP contribution in [0.15, 0.2) is 29.4 Å². The Morgan fingerprint density at radius 3 is 2.52 bits per heavy atom. The summed E-state index contributed by atoms with van der Waals surface area (Å²) in [6.07, 6.45) is 2.23. The van der Waals surface area contributed by atoms with Crippen molar-refractivity contribution < 1.29 is 9.53 Å². The molecule has 0 bridgehead atoms. The number of rotatable bonds is 6. The van der Waals surface area contributed by atoms with E-state index in [4.69, 9.17) is 4.74 Å². The van der Waals surface area contributed by atoms with Crippen LogP contribution < -0.4 is 4.90 Å². The molecule has 1 saturated heterocycles. The van der Waals surface area contributed by atoms with E-state index in [0.717, 1.165) is 24.7 Å². The minimum absolute atomic E-state index is 0.108. The summed E-state index contributed by atoms with van der Waals surface area (Å²) in [5, 5.41) is 9.45. The SMILES string of the molecule is Cc1ccc(-n2c(SCC(=O)OC(C)C)nnc2N2CCCC2)cc1. The van der Waals surface area contributed by atoms with Gasteiger partial charge in [0.05, 0.1) is 17.5 Å². The maximum absolute atomic E-state index is 11.9. The van der Waals surface area contributed by atoms with Crippen LogP contribution in [0.2, 0.25) is 0 Å². The summed E-state index contributed by atoms with van der Waals surface area (Å²) < 4.78 is 7.25. The van der Waals surface area contributed by atoms with Gasteiger partial charge in [-0.05, 0) is 45.7 Å². The number of benzene rings is 1. The molecule has 1 aliphatic rings. The summed E-state index contributed by atoms with van der Waals surface area (Å²) in [7, 11) is 0. The highest BCUT2D eigenvalue weighted by molar-refractivity contribution is 7.99. The molecule has 0 saturated carbocycles. The standard InChI is InChI=1S/C18H24N4O2S/c1-13(2)24-16(23)12-25-18-20-19-17(21-10-4-5-11-21)22(18)15-8-6-14(3)7-9-15/h6-9,13H,4-5,10-12H2,1-3H3. The van der Waals surface area contributed by atoms with Crippen LogP contribution >= 0.6 is 11.8 Å². The van der Waals surface area contributed by atoms with Crippen molar-refractivity contribution in [2.45, 2.75) is 44.9 Å². The molecule has 25 heavy (non-hydrogen) atoms. The third-order valence-corrected chi connectivity index (χ3v) is 4.89. The number of anilines is 1. The number of aromatic nitrogens is 3. The summed E-state index contributed by atoms with van der Waals surface area (Å²) in [6, 6.07) is 8.28. The zero-order valence-electron chi connectivity index (χ0n) is 14.9. The van der Waals surface area contributed by atoms with Gasteiger partial charge < -0.3 is 9.64 Å². The van der Waals surface area contributed by atoms with Gasteiger partial charge in [-0.3, -0.25) is 9.36 Å². The fourth-order valence-corrected chi connectivity index (χ4v) is 3.55. The van der Waals surface area contributed by atoms with E-state index < -0.39 is 0 Å². The Labute approximate surface area is 152 Å². The third kappa shape index (κ3) is 4.34. The van der Waals surface area contributed by atoms with E-state index in [9.17, 15) is 4.79 Å². The monoisotopic (exact) mass is 360 g/mol. The summed E-state index contributed by atoms with van der Waals surface area (Å²) in [6.45, 7) is 7.74. The Morgan fingerprint density at radius 1 is 1.20 bits per heavy atom. The number of hydrogen-bond acceptors (Lipinski definition) is 6. The van der Waals surface area contributed by atoms with Gasteiger partial charge in [-0.15, -0.1) is 10.2 Å². The molecule has 0 radical (unpaired) electrons. The number of aryl methyl sites for hydroxylation is 1. The first-order valence-corrected chi connectivity index (χ1v) is 9.63. The number of thioether (sulfide) groups is 1. The zero-order valence-corrected chi connectivity index (χ0v) is 15.8. The van der Waals surface area contributed by atoms with Gasteiger partial charge in [0.25, 0.3) is 0 Å². The number of hydrogen-bond donors (Lipinski definition) is 0. The first-order valence-electron chi connectivity index (χ1n) is 8.64. The molecule has 0 aliphatic carbocycles. The summed E-state index contributed by atoms with van der Waals surface area (Å²) in [5.41, 5.74) is 2.21. The van der Waals surface area contributed by atoms with Crippen molar-refractivity contribution in [3.63, 3.8) is 0 Å². The van der Waals surface area contributed by atoms with E-state index in [1.807, 2.05) is 18.4 Å². The average Bonchev–Trinajstić information content (AvgIpc) is 3.22. The van der Waals surface area contributed by atoms with Crippen molar-refractivity contribution in [3.05, 3.63) is 29.8 Å². The van der Waals surface area contributed by atoms with Crippen LogP contribution in [-0.4, -0.2) is 45.7 Å². The van der Waals surface area contributed by atoms with Crippen molar-refractivity contribution in [1.82, 2.24) is 14.8 Å². The molecule has 1 aromatic carbocycles. The molecule has 1 fully saturated rings. The highest BCUT2D eigenvalue weighted by Gasteiger charge is 2.23. The first kappa shape index (κ1) is 17.8. The molecule has 0 atom stereocenters. The van der Waals surface area contributed by atoms with Crippen molar-refractivity contribution in [1.29, 1.82) is 0 Å². The Hall–Kier alpha value is -2.02. The number of esters is 1. The van der Waals surface area contributed by atoms with Crippen molar-refractivity contribution in [2.75, 3.05) is 23.7 Å². The van der Waals surface area contributed by atoms with Gasteiger partial charge in [-0.1, -0.05) is 29.5 Å². The van der Waals surface area contributed by atoms with Gasteiger partial charge >= 0.3 is 5.97 Å². The highest BCUT2D eigenvalue weighted by atomic mass is 32.2. The van der Waals surface area contributed by atoms with Gasteiger partial charge in [0.2, 0.25) is 5.95 Å². The maximum atomic E-state index is 11.9. The normalized spacial score (nSPS) is 14.3. The summed E-state index contributed by atoms with van der Waals surface area (Å²) >= 11 is 1.36. The first-order chi connectivity index (χ1) is 12.0. The molecule has 134 valence electrons. The lowest BCUT2D eigenvalue weighted by molar-refractivity contribution is -0.144. The van der Waals surface area contributed by atoms with Crippen LogP contribution in [0, 0.1) is 6.92 Å². The molecule has 3 rings (SSSR count). The second-order valence-electron chi connectivity index (χ2n) is 6.47. The van der Waals surface area contributed by atoms with E-state index >= 15 is 0 Å². The van der Waals surface area contributed by atoms with Crippen LogP contribution in [0.3, 0.4) is 0 Å². The van der Waals surface area contributed by atoms with Gasteiger partial charge in [-0.25, -0.2) is 0 Å². The van der Waals surface area contributed by atoms with Crippen LogP contribution in [-0.2, 0) is 9.53 Å². The third-order valence-electron chi connectivity index (χ3n) is 3.98. The van der Waals surface area contributed by atoms with Crippen molar-refractivity contribution in [3.8, 4) is 5.69 Å². The van der Waals surface area contributed by atoms with E-state index in [1.54, 1.807) is 0 Å². The Bertz CT molecular complexity index is 721. The molecule has 2 heterocycles. The molecular formula is C18H24N4O2S. The van der Waals surface area contributed by atoms with Crippen molar-refractivity contribution in [2.24, 2.45) is 0 Å². The Kier molecular flexibility index (Phi) is 5.63. The van der Waals surface area contributed by atoms with Crippen LogP contribution in [0.5, 0.6) is 0 Å². The molecule has 0 amide bonds. The highest BCUT2D eigenvalue weighted by Crippen LogP contribution is 2.28. The topological polar surface area (TPSA) is 60.3 Å². The van der Waals surface area contributed by atoms with E-state index in [1.165, 1.54) is 30.2 Å². The van der Waals surface area contributed by atoms with Gasteiger partial charge in [-0.2, -0.15) is 0 Å². The molecule has 1 aromatic heterocycles. The molecular weight excluding hydrogens is 336 g/mol. The van der Waals surface area contributed by atoms with Crippen LogP contribution in [0.4, 0.5) is 5.95 Å². The summed E-state index contributed by atoms with van der Waals surface area (Å²) in [5.74, 6) is 0.838. The predicted molar refractivity (Wildman–Crippen MR) is 99.5 cm³/mol. The largest absolute Gasteiger partial charge is 0.462 e. The van der Waals surface area contributed by atoms with Gasteiger partial charge in [0.1, 0.15) is 0 Å². The van der Waals surface area contributed by atoms with Crippen LogP contribution in [0.1, 0.15) is 32.3 Å². The molecule has 0 N–H and O–H groups in total. The number of carbonyl (C=O) groups excluding carboxylic acids is 1. The average molecular weight is 360 g/mol. The molecule has 0 unspecified atom stereocenters. The van der Waals surface area contributed by atoms with Gasteiger partial charge in [0.15, 0.2) is 5.16 Å². The Balaban J connectivity index is 1.87.